The lowest BCUT2D eigenvalue weighted by Crippen LogP contribution is -2.16. The van der Waals surface area contributed by atoms with Gasteiger partial charge < -0.3 is 5.73 Å². The normalized spacial score (nSPS) is 11.3. The van der Waals surface area contributed by atoms with Gasteiger partial charge in [0.2, 0.25) is 0 Å². The summed E-state index contributed by atoms with van der Waals surface area (Å²) in [5.74, 6) is -2.30. The molecule has 5 nitrogen and oxygen atoms in total. The van der Waals surface area contributed by atoms with Gasteiger partial charge in [-0.3, -0.25) is 9.71 Å². The third-order valence-corrected chi connectivity index (χ3v) is 4.06. The van der Waals surface area contributed by atoms with Crippen LogP contribution in [0.4, 0.5) is 20.2 Å². The number of hydrogen-bond acceptors (Lipinski definition) is 4. The van der Waals surface area contributed by atoms with Crippen LogP contribution in [-0.4, -0.2) is 13.4 Å². The summed E-state index contributed by atoms with van der Waals surface area (Å²) in [6.07, 6.45) is 2.52. The Morgan fingerprint density at radius 1 is 1.25 bits per heavy atom. The second-order valence-corrected chi connectivity index (χ2v) is 5.82. The number of anilines is 2. The fraction of sp³-hybridized carbons (Fsp3) is 0. The molecule has 0 bridgehead atoms. The van der Waals surface area contributed by atoms with E-state index in [1.807, 2.05) is 0 Å². The first kappa shape index (κ1) is 14.5. The van der Waals surface area contributed by atoms with Gasteiger partial charge in [0, 0.05) is 12.3 Å². The van der Waals surface area contributed by atoms with Crippen molar-refractivity contribution >= 4 is 33.0 Å². The number of nitrogens with zero attached hydrogens (tertiary/aromatic N) is 1. The van der Waals surface area contributed by atoms with Gasteiger partial charge >= 0.3 is 0 Å². The van der Waals surface area contributed by atoms with Crippen molar-refractivity contribution in [3.63, 3.8) is 0 Å². The quantitative estimate of drug-likeness (QED) is 0.851. The monoisotopic (exact) mass is 319 g/mol. The summed E-state index contributed by atoms with van der Waals surface area (Å²) in [6, 6.07) is 2.45. The lowest BCUT2D eigenvalue weighted by atomic mass is 10.3. The summed E-state index contributed by atoms with van der Waals surface area (Å²) >= 11 is 5.77. The maximum atomic E-state index is 13.6. The van der Waals surface area contributed by atoms with E-state index in [9.17, 15) is 17.2 Å². The number of benzene rings is 1. The number of pyridine rings is 1. The second kappa shape index (κ2) is 5.22. The minimum atomic E-state index is -4.30. The standard InChI is InChI=1S/C11H8ClF2N3O2S/c12-6-1-2-16-5-10(6)17-20(18,19)11-4-9(15)7(13)3-8(11)14/h1-5,17H,15H2. The van der Waals surface area contributed by atoms with Crippen molar-refractivity contribution in [2.45, 2.75) is 4.90 Å². The zero-order chi connectivity index (χ0) is 14.9. The zero-order valence-electron chi connectivity index (χ0n) is 9.77. The first-order chi connectivity index (χ1) is 9.31. The highest BCUT2D eigenvalue weighted by atomic mass is 35.5. The molecule has 9 heteroatoms. The van der Waals surface area contributed by atoms with Crippen molar-refractivity contribution in [2.75, 3.05) is 10.5 Å². The van der Waals surface area contributed by atoms with E-state index in [-0.39, 0.29) is 10.7 Å². The first-order valence-corrected chi connectivity index (χ1v) is 7.04. The zero-order valence-corrected chi connectivity index (χ0v) is 11.3. The highest BCUT2D eigenvalue weighted by Gasteiger charge is 2.22. The Kier molecular flexibility index (Phi) is 3.78. The van der Waals surface area contributed by atoms with Crippen LogP contribution in [0.15, 0.2) is 35.5 Å². The molecule has 0 aliphatic carbocycles. The molecule has 20 heavy (non-hydrogen) atoms. The predicted octanol–water partition coefficient (Wildman–Crippen LogP) is 2.40. The van der Waals surface area contributed by atoms with Crippen molar-refractivity contribution in [1.82, 2.24) is 4.98 Å². The van der Waals surface area contributed by atoms with E-state index in [1.54, 1.807) is 0 Å². The third-order valence-electron chi connectivity index (χ3n) is 2.35. The Bertz CT molecular complexity index is 768. The molecule has 0 saturated heterocycles. The van der Waals surface area contributed by atoms with Crippen LogP contribution in [0.25, 0.3) is 0 Å². The van der Waals surface area contributed by atoms with Gasteiger partial charge in [-0.25, -0.2) is 17.2 Å². The number of nitrogen functional groups attached to an aromatic ring is 1. The minimum Gasteiger partial charge on any atom is -0.396 e. The van der Waals surface area contributed by atoms with Gasteiger partial charge in [0.1, 0.15) is 16.5 Å². The van der Waals surface area contributed by atoms with Crippen molar-refractivity contribution in [3.8, 4) is 0 Å². The van der Waals surface area contributed by atoms with Crippen LogP contribution in [0, 0.1) is 11.6 Å². The Labute approximate surface area is 118 Å². The van der Waals surface area contributed by atoms with E-state index < -0.39 is 32.2 Å². The average molecular weight is 320 g/mol. The van der Waals surface area contributed by atoms with Gasteiger partial charge in [0.25, 0.3) is 10.0 Å². The molecule has 0 aliphatic rings. The molecule has 2 rings (SSSR count). The SMILES string of the molecule is Nc1cc(S(=O)(=O)Nc2cnccc2Cl)c(F)cc1F. The second-order valence-electron chi connectivity index (χ2n) is 3.77. The molecule has 0 aliphatic heterocycles. The fourth-order valence-electron chi connectivity index (χ4n) is 1.40. The van der Waals surface area contributed by atoms with Crippen molar-refractivity contribution in [1.29, 1.82) is 0 Å². The molecular weight excluding hydrogens is 312 g/mol. The van der Waals surface area contributed by atoms with Crippen LogP contribution in [0.3, 0.4) is 0 Å². The van der Waals surface area contributed by atoms with E-state index in [4.69, 9.17) is 17.3 Å². The van der Waals surface area contributed by atoms with E-state index in [0.29, 0.717) is 12.1 Å². The Hall–Kier alpha value is -1.93. The summed E-state index contributed by atoms with van der Waals surface area (Å²) in [5, 5.41) is 0.0825. The Morgan fingerprint density at radius 3 is 2.60 bits per heavy atom. The average Bonchev–Trinajstić information content (AvgIpc) is 2.36. The van der Waals surface area contributed by atoms with Crippen LogP contribution in [0.1, 0.15) is 0 Å². The highest BCUT2D eigenvalue weighted by Crippen LogP contribution is 2.26. The summed E-state index contributed by atoms with van der Waals surface area (Å²) < 4.78 is 52.7. The molecule has 0 saturated carbocycles. The number of rotatable bonds is 3. The van der Waals surface area contributed by atoms with Crippen LogP contribution < -0.4 is 10.5 Å². The molecule has 1 aromatic heterocycles. The number of aromatic nitrogens is 1. The lowest BCUT2D eigenvalue weighted by Gasteiger charge is -2.10. The molecule has 106 valence electrons. The molecular formula is C11H8ClF2N3O2S. The fourth-order valence-corrected chi connectivity index (χ4v) is 2.77. The molecule has 0 radical (unpaired) electrons. The molecule has 0 fully saturated rings. The summed E-state index contributed by atoms with van der Waals surface area (Å²) in [4.78, 5) is 2.91. The molecule has 0 amide bonds. The van der Waals surface area contributed by atoms with E-state index in [1.165, 1.54) is 12.3 Å². The van der Waals surface area contributed by atoms with E-state index in [2.05, 4.69) is 9.71 Å². The molecule has 2 aromatic rings. The number of nitrogens with two attached hydrogens (primary N) is 1. The van der Waals surface area contributed by atoms with Crippen LogP contribution in [0.5, 0.6) is 0 Å². The van der Waals surface area contributed by atoms with Crippen molar-refractivity contribution in [2.24, 2.45) is 0 Å². The van der Waals surface area contributed by atoms with Gasteiger partial charge in [-0.05, 0) is 12.1 Å². The van der Waals surface area contributed by atoms with E-state index >= 15 is 0 Å². The predicted molar refractivity (Wildman–Crippen MR) is 70.8 cm³/mol. The Balaban J connectivity index is 2.47. The lowest BCUT2D eigenvalue weighted by molar-refractivity contribution is 0.553. The largest absolute Gasteiger partial charge is 0.396 e. The molecule has 0 spiro atoms. The molecule has 3 N–H and O–H groups in total. The van der Waals surface area contributed by atoms with Crippen LogP contribution in [-0.2, 0) is 10.0 Å². The maximum Gasteiger partial charge on any atom is 0.264 e. The Morgan fingerprint density at radius 2 is 1.95 bits per heavy atom. The third kappa shape index (κ3) is 2.81. The van der Waals surface area contributed by atoms with Gasteiger partial charge in [0.15, 0.2) is 0 Å². The molecule has 1 aromatic carbocycles. The van der Waals surface area contributed by atoms with Gasteiger partial charge in [-0.2, -0.15) is 0 Å². The smallest absolute Gasteiger partial charge is 0.264 e. The number of hydrogen-bond donors (Lipinski definition) is 2. The summed E-state index contributed by atoms with van der Waals surface area (Å²) in [6.45, 7) is 0. The van der Waals surface area contributed by atoms with Crippen molar-refractivity contribution < 1.29 is 17.2 Å². The van der Waals surface area contributed by atoms with E-state index in [0.717, 1.165) is 6.20 Å². The number of sulfonamides is 1. The van der Waals surface area contributed by atoms with Crippen LogP contribution >= 0.6 is 11.6 Å². The minimum absolute atomic E-state index is 0.0311. The van der Waals surface area contributed by atoms with Gasteiger partial charge in [0.05, 0.1) is 22.6 Å². The van der Waals surface area contributed by atoms with Crippen LogP contribution in [0.2, 0.25) is 5.02 Å². The van der Waals surface area contributed by atoms with Crippen molar-refractivity contribution in [3.05, 3.63) is 47.2 Å². The first-order valence-electron chi connectivity index (χ1n) is 5.18. The van der Waals surface area contributed by atoms with Gasteiger partial charge in [-0.1, -0.05) is 11.6 Å². The summed E-state index contributed by atoms with van der Waals surface area (Å²) in [7, 11) is -4.30. The highest BCUT2D eigenvalue weighted by molar-refractivity contribution is 7.92. The summed E-state index contributed by atoms with van der Waals surface area (Å²) in [5.41, 5.74) is 4.72. The van der Waals surface area contributed by atoms with Gasteiger partial charge in [-0.15, -0.1) is 0 Å². The molecule has 1 heterocycles. The number of halogens is 3. The molecule has 0 atom stereocenters. The number of nitrogens with one attached hydrogen (secondary N) is 1. The topological polar surface area (TPSA) is 85.1 Å². The maximum absolute atomic E-state index is 13.6. The molecule has 0 unspecified atom stereocenters.